The van der Waals surface area contributed by atoms with Crippen LogP contribution < -0.4 is 5.32 Å². The van der Waals surface area contributed by atoms with E-state index in [1.807, 2.05) is 13.0 Å². The molecule has 430 valence electrons. The van der Waals surface area contributed by atoms with Gasteiger partial charge in [0.2, 0.25) is 0 Å². The molecule has 8 bridgehead atoms. The topological polar surface area (TPSA) is 125 Å². The van der Waals surface area contributed by atoms with Crippen LogP contribution in [0.15, 0.2) is 237 Å². The van der Waals surface area contributed by atoms with Crippen LogP contribution in [-0.4, -0.2) is 57.2 Å². The number of carbonyl (C=O) groups is 1. The van der Waals surface area contributed by atoms with Crippen LogP contribution >= 0.6 is 0 Å². The van der Waals surface area contributed by atoms with Crippen molar-refractivity contribution >= 4 is 23.1 Å². The quantitative estimate of drug-likeness (QED) is 0.0852. The fourth-order valence-corrected chi connectivity index (χ4v) is 14.0. The van der Waals surface area contributed by atoms with Gasteiger partial charge in [-0.05, 0) is 162 Å². The van der Waals surface area contributed by atoms with Crippen LogP contribution in [0.2, 0.25) is 0 Å². The van der Waals surface area contributed by atoms with Crippen molar-refractivity contribution in [2.75, 3.05) is 0 Å². The van der Waals surface area contributed by atoms with Crippen molar-refractivity contribution in [3.63, 3.8) is 0 Å². The zero-order valence-corrected chi connectivity index (χ0v) is 51.5. The lowest BCUT2D eigenvalue weighted by Gasteiger charge is -2.44. The SMILES string of the molecule is C=CC1=C(C)C2=NC1=CC1=NC(=CC3=C(C)C4=C(O)CC(=C5NC(=C2)C(C)C5CCC(=O)OC2CC(C)=C(C=CC(C)=CC=CC(C)=CC=CC=C(C)C=CC=C(C)C5C=C6C(C)(C)CC(O)CC6(C)O5)C(C)(C)C2)C4=N3)C(CC)=C1C. The molecule has 82 heavy (non-hydrogen) atoms. The second kappa shape index (κ2) is 23.7. The monoisotopic (exact) mass is 1100 g/mol. The fraction of sp³-hybridized carbons (Fsp3) is 0.425. The molecule has 0 radical (unpaired) electrons. The van der Waals surface area contributed by atoms with E-state index in [1.165, 1.54) is 22.3 Å². The van der Waals surface area contributed by atoms with E-state index in [0.717, 1.165) is 121 Å². The number of allylic oxidation sites excluding steroid dienone is 28. The molecule has 6 heterocycles. The van der Waals surface area contributed by atoms with Gasteiger partial charge in [0, 0.05) is 65.6 Å². The summed E-state index contributed by atoms with van der Waals surface area (Å²) in [6.07, 6.45) is 40.1. The first-order chi connectivity index (χ1) is 38.8. The maximum absolute atomic E-state index is 14.0. The van der Waals surface area contributed by atoms with Crippen LogP contribution in [0.5, 0.6) is 0 Å². The van der Waals surface area contributed by atoms with Crippen molar-refractivity contribution in [3.8, 4) is 0 Å². The number of fused-ring (bicyclic) bond motifs is 6. The second-order valence-electron chi connectivity index (χ2n) is 25.7. The van der Waals surface area contributed by atoms with Gasteiger partial charge in [0.1, 0.15) is 11.9 Å². The van der Waals surface area contributed by atoms with Crippen LogP contribution in [0.4, 0.5) is 0 Å². The molecule has 3 aliphatic carbocycles. The van der Waals surface area contributed by atoms with Crippen LogP contribution in [0, 0.1) is 22.7 Å². The Bertz CT molecular complexity index is 3460. The Morgan fingerprint density at radius 3 is 2.16 bits per heavy atom. The molecule has 9 aliphatic rings. The summed E-state index contributed by atoms with van der Waals surface area (Å²) in [5.74, 6) is 0.101. The van der Waals surface area contributed by atoms with Gasteiger partial charge in [-0.1, -0.05) is 149 Å². The minimum Gasteiger partial charge on any atom is -0.511 e. The van der Waals surface area contributed by atoms with Gasteiger partial charge in [-0.3, -0.25) is 4.79 Å². The predicted octanol–water partition coefficient (Wildman–Crippen LogP) is 16.9. The van der Waals surface area contributed by atoms with E-state index in [0.29, 0.717) is 31.4 Å². The summed E-state index contributed by atoms with van der Waals surface area (Å²) in [5.41, 5.74) is 21.9. The van der Waals surface area contributed by atoms with Gasteiger partial charge in [0.05, 0.1) is 52.0 Å². The van der Waals surface area contributed by atoms with Crippen molar-refractivity contribution < 1.29 is 24.5 Å². The Balaban J connectivity index is 0.816. The van der Waals surface area contributed by atoms with Gasteiger partial charge < -0.3 is 25.0 Å². The molecule has 6 aliphatic heterocycles. The number of nitrogens with zero attached hydrogens (tertiary/aromatic N) is 3. The largest absolute Gasteiger partial charge is 0.511 e. The minimum absolute atomic E-state index is 0.0222. The van der Waals surface area contributed by atoms with E-state index in [4.69, 9.17) is 24.5 Å². The Morgan fingerprint density at radius 1 is 0.817 bits per heavy atom. The molecule has 2 fully saturated rings. The summed E-state index contributed by atoms with van der Waals surface area (Å²) in [4.78, 5) is 29.5. The molecule has 6 unspecified atom stereocenters. The molecule has 1 saturated carbocycles. The van der Waals surface area contributed by atoms with Gasteiger partial charge in [-0.25, -0.2) is 15.0 Å². The van der Waals surface area contributed by atoms with Crippen LogP contribution in [0.1, 0.15) is 155 Å². The Kier molecular flexibility index (Phi) is 17.3. The molecule has 0 aromatic rings. The number of esters is 1. The highest BCUT2D eigenvalue weighted by Crippen LogP contribution is 2.53. The molecule has 0 amide bonds. The van der Waals surface area contributed by atoms with E-state index in [9.17, 15) is 15.0 Å². The number of carbonyl (C=O) groups excluding carboxylic acids is 1. The van der Waals surface area contributed by atoms with Gasteiger partial charge in [0.15, 0.2) is 0 Å². The lowest BCUT2D eigenvalue weighted by Crippen LogP contribution is -2.45. The molecule has 9 rings (SSSR count). The molecule has 9 heteroatoms. The number of aliphatic hydroxyl groups is 2. The maximum Gasteiger partial charge on any atom is 0.306 e. The van der Waals surface area contributed by atoms with E-state index >= 15 is 0 Å². The van der Waals surface area contributed by atoms with Crippen molar-refractivity contribution in [1.29, 1.82) is 0 Å². The average molecular weight is 1100 g/mol. The summed E-state index contributed by atoms with van der Waals surface area (Å²) in [6.45, 7) is 36.4. The first-order valence-corrected chi connectivity index (χ1v) is 29.8. The molecule has 3 N–H and O–H groups in total. The van der Waals surface area contributed by atoms with Crippen molar-refractivity contribution in [3.05, 3.63) is 222 Å². The molecule has 6 atom stereocenters. The number of aliphatic imine (C=N–C) groups is 3. The highest BCUT2D eigenvalue weighted by atomic mass is 16.5. The van der Waals surface area contributed by atoms with E-state index in [1.54, 1.807) is 0 Å². The molecule has 1 saturated heterocycles. The molecule has 0 spiro atoms. The molecular weight excluding hydrogens is 1010 g/mol. The smallest absolute Gasteiger partial charge is 0.306 e. The van der Waals surface area contributed by atoms with Gasteiger partial charge in [0.25, 0.3) is 0 Å². The van der Waals surface area contributed by atoms with Gasteiger partial charge in [-0.15, -0.1) is 0 Å². The van der Waals surface area contributed by atoms with Gasteiger partial charge >= 0.3 is 5.97 Å². The molecular formula is C73H88N4O5. The summed E-state index contributed by atoms with van der Waals surface area (Å²) in [5, 5.41) is 25.9. The lowest BCUT2D eigenvalue weighted by atomic mass is 9.65. The number of ether oxygens (including phenoxy) is 2. The van der Waals surface area contributed by atoms with Crippen molar-refractivity contribution in [2.45, 2.75) is 179 Å². The van der Waals surface area contributed by atoms with E-state index in [2.05, 4.69) is 206 Å². The van der Waals surface area contributed by atoms with E-state index < -0.39 is 5.60 Å². The first kappa shape index (κ1) is 59.7. The molecule has 9 nitrogen and oxygen atoms in total. The highest BCUT2D eigenvalue weighted by molar-refractivity contribution is 6.21. The number of nitrogens with one attached hydrogen (secondary N) is 1. The third-order valence-electron chi connectivity index (χ3n) is 18.3. The van der Waals surface area contributed by atoms with Crippen molar-refractivity contribution in [2.24, 2.45) is 37.6 Å². The first-order valence-electron chi connectivity index (χ1n) is 29.8. The normalized spacial score (nSPS) is 28.5. The zero-order chi connectivity index (χ0) is 59.2. The zero-order valence-electron chi connectivity index (χ0n) is 51.5. The number of hydrogen-bond acceptors (Lipinski definition) is 9. The molecule has 0 aromatic heterocycles. The average Bonchev–Trinajstić information content (AvgIpc) is 4.14. The van der Waals surface area contributed by atoms with Crippen LogP contribution in [-0.2, 0) is 14.3 Å². The number of rotatable bonds is 15. The lowest BCUT2D eigenvalue weighted by molar-refractivity contribution is -0.150. The predicted molar refractivity (Wildman–Crippen MR) is 339 cm³/mol. The number of aliphatic hydroxyl groups excluding tert-OH is 2. The summed E-state index contributed by atoms with van der Waals surface area (Å²) < 4.78 is 12.9. The minimum atomic E-state index is -0.412. The van der Waals surface area contributed by atoms with E-state index in [-0.39, 0.29) is 53.4 Å². The molecule has 0 aromatic carbocycles. The highest BCUT2D eigenvalue weighted by Gasteiger charge is 2.51. The second-order valence-corrected chi connectivity index (χ2v) is 25.7. The third kappa shape index (κ3) is 12.2. The standard InChI is InChI=1S/C73H88N4O5/c1-17-53-47(8)58-35-60-49(10)55(69(76-60)56-34-64(79)68-50(11)61(77-70(56)68)37-63-54(18-2)48(9)59(75-63)36-62(53)74-58)30-32-67(80)81-52-33-46(7)57(71(12,13)41-52)31-29-44(5)26-21-25-42(3)23-19-20-24-43(4)27-22-28-45(6)65-38-66-72(14,15)39-51(78)40-73(66,16)82-65/h17,19-29,31,35-38,49,51-52,55,65,76,78-79H,1,18,30,32-34,39-41H2,2-16H3. The Labute approximate surface area is 489 Å². The number of hydrogen-bond donors (Lipinski definition) is 3. The Hall–Kier alpha value is -6.94. The van der Waals surface area contributed by atoms with Crippen LogP contribution in [0.3, 0.4) is 0 Å². The summed E-state index contributed by atoms with van der Waals surface area (Å²) in [6, 6.07) is 0. The van der Waals surface area contributed by atoms with Crippen molar-refractivity contribution in [1.82, 2.24) is 5.32 Å². The van der Waals surface area contributed by atoms with Crippen LogP contribution in [0.25, 0.3) is 0 Å². The maximum atomic E-state index is 14.0. The fourth-order valence-electron chi connectivity index (χ4n) is 14.0. The summed E-state index contributed by atoms with van der Waals surface area (Å²) >= 11 is 0. The van der Waals surface area contributed by atoms with Gasteiger partial charge in [-0.2, -0.15) is 0 Å². The summed E-state index contributed by atoms with van der Waals surface area (Å²) in [7, 11) is 0. The third-order valence-corrected chi connectivity index (χ3v) is 18.3. The Morgan fingerprint density at radius 2 is 1.48 bits per heavy atom.